The Morgan fingerprint density at radius 1 is 1.36 bits per heavy atom. The fourth-order valence-electron chi connectivity index (χ4n) is 2.79. The summed E-state index contributed by atoms with van der Waals surface area (Å²) in [6, 6.07) is 0. The third-order valence-corrected chi connectivity index (χ3v) is 5.29. The average molecular weight is 372 g/mol. The van der Waals surface area contributed by atoms with Crippen molar-refractivity contribution in [3.63, 3.8) is 0 Å². The SMILES string of the molecule is Cc1nc(C(F)(F)F)ncc1CSc1nnc([C@H]2CCCNC2)n1C. The Bertz CT molecular complexity index is 739. The highest BCUT2D eigenvalue weighted by Crippen LogP contribution is 2.29. The van der Waals surface area contributed by atoms with Gasteiger partial charge in [-0.15, -0.1) is 10.2 Å². The fourth-order valence-corrected chi connectivity index (χ4v) is 3.75. The second-order valence-corrected chi connectivity index (χ2v) is 6.98. The summed E-state index contributed by atoms with van der Waals surface area (Å²) in [5.41, 5.74) is 0.982. The van der Waals surface area contributed by atoms with E-state index in [0.29, 0.717) is 22.9 Å². The molecule has 0 bridgehead atoms. The van der Waals surface area contributed by atoms with E-state index in [1.165, 1.54) is 18.0 Å². The normalized spacial score (nSPS) is 18.5. The molecule has 0 unspecified atom stereocenters. The third-order valence-electron chi connectivity index (χ3n) is 4.22. The first-order valence-corrected chi connectivity index (χ1v) is 8.97. The Hall–Kier alpha value is -1.68. The van der Waals surface area contributed by atoms with Crippen molar-refractivity contribution in [2.75, 3.05) is 13.1 Å². The molecule has 0 spiro atoms. The van der Waals surface area contributed by atoms with Crippen LogP contribution in [-0.2, 0) is 19.0 Å². The number of halogens is 3. The highest BCUT2D eigenvalue weighted by Gasteiger charge is 2.34. The molecule has 1 aliphatic heterocycles. The maximum absolute atomic E-state index is 12.6. The summed E-state index contributed by atoms with van der Waals surface area (Å²) >= 11 is 1.42. The molecule has 3 heterocycles. The van der Waals surface area contributed by atoms with Gasteiger partial charge in [-0.2, -0.15) is 13.2 Å². The number of nitrogens with one attached hydrogen (secondary N) is 1. The van der Waals surface area contributed by atoms with Crippen LogP contribution in [0.4, 0.5) is 13.2 Å². The molecule has 1 atom stereocenters. The number of piperidine rings is 1. The Morgan fingerprint density at radius 2 is 2.16 bits per heavy atom. The van der Waals surface area contributed by atoms with E-state index in [-0.39, 0.29) is 0 Å². The van der Waals surface area contributed by atoms with Gasteiger partial charge in [-0.1, -0.05) is 11.8 Å². The number of aromatic nitrogens is 5. The predicted molar refractivity (Wildman–Crippen MR) is 87.2 cm³/mol. The minimum atomic E-state index is -4.52. The second kappa shape index (κ2) is 7.28. The zero-order chi connectivity index (χ0) is 18.0. The maximum atomic E-state index is 12.6. The maximum Gasteiger partial charge on any atom is 0.451 e. The fraction of sp³-hybridized carbons (Fsp3) is 0.600. The molecule has 1 fully saturated rings. The molecule has 25 heavy (non-hydrogen) atoms. The molecule has 0 aromatic carbocycles. The molecule has 0 saturated carbocycles. The summed E-state index contributed by atoms with van der Waals surface area (Å²) in [5.74, 6) is 0.620. The number of hydrogen-bond donors (Lipinski definition) is 1. The van der Waals surface area contributed by atoms with E-state index in [0.717, 1.165) is 36.9 Å². The van der Waals surface area contributed by atoms with Gasteiger partial charge in [0, 0.05) is 42.7 Å². The van der Waals surface area contributed by atoms with Crippen molar-refractivity contribution in [2.45, 2.75) is 42.8 Å². The van der Waals surface area contributed by atoms with Gasteiger partial charge >= 0.3 is 6.18 Å². The lowest BCUT2D eigenvalue weighted by atomic mass is 9.99. The van der Waals surface area contributed by atoms with E-state index in [1.807, 2.05) is 11.6 Å². The van der Waals surface area contributed by atoms with E-state index in [4.69, 9.17) is 0 Å². The number of nitrogens with zero attached hydrogens (tertiary/aromatic N) is 5. The number of aryl methyl sites for hydroxylation is 1. The van der Waals surface area contributed by atoms with Crippen LogP contribution in [0.15, 0.2) is 11.4 Å². The molecule has 0 aliphatic carbocycles. The number of rotatable bonds is 4. The summed E-state index contributed by atoms with van der Waals surface area (Å²) in [7, 11) is 1.92. The van der Waals surface area contributed by atoms with Crippen molar-refractivity contribution < 1.29 is 13.2 Å². The standard InChI is InChI=1S/C15H19F3N6S/c1-9-11(7-20-13(21-9)15(16,17)18)8-25-14-23-22-12(24(14)2)10-4-3-5-19-6-10/h7,10,19H,3-6,8H2,1-2H3/t10-/m0/s1. The number of thioether (sulfide) groups is 1. The van der Waals surface area contributed by atoms with Gasteiger partial charge in [0.1, 0.15) is 5.82 Å². The summed E-state index contributed by atoms with van der Waals surface area (Å²) in [5, 5.41) is 12.6. The molecule has 1 N–H and O–H groups in total. The lowest BCUT2D eigenvalue weighted by molar-refractivity contribution is -0.145. The average Bonchev–Trinajstić information content (AvgIpc) is 2.94. The van der Waals surface area contributed by atoms with Crippen LogP contribution in [-0.4, -0.2) is 37.8 Å². The Kier molecular flexibility index (Phi) is 5.28. The molecule has 10 heteroatoms. The first kappa shape index (κ1) is 18.1. The third kappa shape index (κ3) is 4.12. The molecule has 3 rings (SSSR count). The van der Waals surface area contributed by atoms with E-state index in [9.17, 15) is 13.2 Å². The van der Waals surface area contributed by atoms with E-state index in [2.05, 4.69) is 25.5 Å². The number of alkyl halides is 3. The van der Waals surface area contributed by atoms with Gasteiger partial charge in [-0.05, 0) is 26.3 Å². The molecule has 0 amide bonds. The van der Waals surface area contributed by atoms with Crippen LogP contribution in [0.2, 0.25) is 0 Å². The molecular formula is C15H19F3N6S. The Labute approximate surface area is 147 Å². The minimum absolute atomic E-state index is 0.327. The van der Waals surface area contributed by atoms with Crippen molar-refractivity contribution in [3.8, 4) is 0 Å². The molecule has 2 aromatic rings. The van der Waals surface area contributed by atoms with Gasteiger partial charge in [-0.25, -0.2) is 9.97 Å². The molecule has 2 aromatic heterocycles. The quantitative estimate of drug-likeness (QED) is 0.833. The molecule has 1 saturated heterocycles. The van der Waals surface area contributed by atoms with Gasteiger partial charge in [0.05, 0.1) is 0 Å². The van der Waals surface area contributed by atoms with Crippen LogP contribution in [0.1, 0.15) is 41.7 Å². The van der Waals surface area contributed by atoms with Crippen molar-refractivity contribution in [2.24, 2.45) is 7.05 Å². The zero-order valence-corrected chi connectivity index (χ0v) is 14.8. The van der Waals surface area contributed by atoms with Crippen molar-refractivity contribution in [1.82, 2.24) is 30.0 Å². The summed E-state index contributed by atoms with van der Waals surface area (Å²) < 4.78 is 39.8. The topological polar surface area (TPSA) is 68.5 Å². The first-order chi connectivity index (χ1) is 11.9. The lowest BCUT2D eigenvalue weighted by Gasteiger charge is -2.21. The molecule has 1 aliphatic rings. The summed E-state index contributed by atoms with van der Waals surface area (Å²) in [4.78, 5) is 6.98. The van der Waals surface area contributed by atoms with Crippen molar-refractivity contribution in [3.05, 3.63) is 29.1 Å². The zero-order valence-electron chi connectivity index (χ0n) is 14.0. The molecule has 6 nitrogen and oxygen atoms in total. The van der Waals surface area contributed by atoms with Gasteiger partial charge < -0.3 is 9.88 Å². The Morgan fingerprint density at radius 3 is 2.80 bits per heavy atom. The monoisotopic (exact) mass is 372 g/mol. The van der Waals surface area contributed by atoms with Gasteiger partial charge in [0.15, 0.2) is 5.16 Å². The van der Waals surface area contributed by atoms with Crippen LogP contribution in [0.5, 0.6) is 0 Å². The van der Waals surface area contributed by atoms with Crippen LogP contribution < -0.4 is 5.32 Å². The lowest BCUT2D eigenvalue weighted by Crippen LogP contribution is -2.29. The molecule has 0 radical (unpaired) electrons. The van der Waals surface area contributed by atoms with Gasteiger partial charge in [0.2, 0.25) is 5.82 Å². The minimum Gasteiger partial charge on any atom is -0.316 e. The van der Waals surface area contributed by atoms with Gasteiger partial charge in [-0.3, -0.25) is 0 Å². The van der Waals surface area contributed by atoms with E-state index in [1.54, 1.807) is 6.92 Å². The van der Waals surface area contributed by atoms with Crippen molar-refractivity contribution in [1.29, 1.82) is 0 Å². The first-order valence-electron chi connectivity index (χ1n) is 7.98. The summed E-state index contributed by atoms with van der Waals surface area (Å²) in [6.45, 7) is 3.48. The van der Waals surface area contributed by atoms with Crippen LogP contribution >= 0.6 is 11.8 Å². The molecular weight excluding hydrogens is 353 g/mol. The van der Waals surface area contributed by atoms with Crippen molar-refractivity contribution >= 4 is 11.8 Å². The van der Waals surface area contributed by atoms with E-state index >= 15 is 0 Å². The van der Waals surface area contributed by atoms with Crippen LogP contribution in [0.25, 0.3) is 0 Å². The smallest absolute Gasteiger partial charge is 0.316 e. The highest BCUT2D eigenvalue weighted by molar-refractivity contribution is 7.98. The van der Waals surface area contributed by atoms with Crippen LogP contribution in [0.3, 0.4) is 0 Å². The predicted octanol–water partition coefficient (Wildman–Crippen LogP) is 2.69. The summed E-state index contributed by atoms with van der Waals surface area (Å²) in [6.07, 6.45) is -1.10. The second-order valence-electron chi connectivity index (χ2n) is 6.03. The van der Waals surface area contributed by atoms with Gasteiger partial charge in [0.25, 0.3) is 0 Å². The van der Waals surface area contributed by atoms with Crippen LogP contribution in [0, 0.1) is 6.92 Å². The van der Waals surface area contributed by atoms with E-state index < -0.39 is 12.0 Å². The Balaban J connectivity index is 1.69. The largest absolute Gasteiger partial charge is 0.451 e. The number of hydrogen-bond acceptors (Lipinski definition) is 6. The molecule has 136 valence electrons. The highest BCUT2D eigenvalue weighted by atomic mass is 32.2.